The molecule has 0 N–H and O–H groups in total. The largest absolute Gasteiger partial charge is 0.467 e. The van der Waals surface area contributed by atoms with E-state index in [-0.39, 0.29) is 11.3 Å². The maximum absolute atomic E-state index is 13.3. The summed E-state index contributed by atoms with van der Waals surface area (Å²) in [6.07, 6.45) is 5.19. The maximum atomic E-state index is 13.3. The molecule has 2 heterocycles. The van der Waals surface area contributed by atoms with Gasteiger partial charge in [0.1, 0.15) is 5.76 Å². The fourth-order valence-corrected chi connectivity index (χ4v) is 4.45. The van der Waals surface area contributed by atoms with Gasteiger partial charge in [-0.05, 0) is 64.2 Å². The molecule has 0 spiro atoms. The first-order valence-electron chi connectivity index (χ1n) is 11.4. The smallest absolute Gasteiger partial charge is 0.267 e. The third kappa shape index (κ3) is 6.11. The summed E-state index contributed by atoms with van der Waals surface area (Å²) in [5, 5.41) is 9.18. The minimum Gasteiger partial charge on any atom is -0.467 e. The van der Waals surface area contributed by atoms with Crippen molar-refractivity contribution in [1.29, 1.82) is 0 Å². The average molecular weight is 487 g/mol. The Labute approximate surface area is 211 Å². The zero-order valence-electron chi connectivity index (χ0n) is 20.7. The molecule has 4 rings (SSSR count). The Hall–Kier alpha value is -3.58. The lowest BCUT2D eigenvalue weighted by Crippen LogP contribution is -2.28. The van der Waals surface area contributed by atoms with Gasteiger partial charge in [-0.15, -0.1) is 5.10 Å². The van der Waals surface area contributed by atoms with Crippen LogP contribution in [0.1, 0.15) is 43.2 Å². The van der Waals surface area contributed by atoms with Crippen LogP contribution in [0.4, 0.5) is 5.69 Å². The van der Waals surface area contributed by atoms with E-state index in [4.69, 9.17) is 4.42 Å². The molecule has 2 aromatic carbocycles. The Kier molecular flexibility index (Phi) is 7.26. The number of carbonyl (C=O) groups is 1. The van der Waals surface area contributed by atoms with Crippen molar-refractivity contribution < 1.29 is 9.21 Å². The molecule has 0 radical (unpaired) electrons. The number of nitrogens with zero attached hydrogens (tertiary/aromatic N) is 4. The lowest BCUT2D eigenvalue weighted by molar-refractivity contribution is -0.122. The van der Waals surface area contributed by atoms with Gasteiger partial charge in [-0.2, -0.15) is 5.10 Å². The number of anilines is 1. The highest BCUT2D eigenvalue weighted by Crippen LogP contribution is 2.34. The van der Waals surface area contributed by atoms with E-state index in [2.05, 4.69) is 43.1 Å². The molecule has 7 heteroatoms. The van der Waals surface area contributed by atoms with Gasteiger partial charge in [0.2, 0.25) is 0 Å². The van der Waals surface area contributed by atoms with Gasteiger partial charge < -0.3 is 9.32 Å². The van der Waals surface area contributed by atoms with E-state index in [1.807, 2.05) is 73.6 Å². The predicted octanol–water partition coefficient (Wildman–Crippen LogP) is 6.15. The molecule has 180 valence electrons. The lowest BCUT2D eigenvalue weighted by atomic mass is 9.87. The average Bonchev–Trinajstić information content (AvgIpc) is 3.43. The monoisotopic (exact) mass is 486 g/mol. The van der Waals surface area contributed by atoms with Gasteiger partial charge in [-0.25, -0.2) is 0 Å². The molecule has 6 nitrogen and oxygen atoms in total. The summed E-state index contributed by atoms with van der Waals surface area (Å²) in [4.78, 5) is 17.5. The summed E-state index contributed by atoms with van der Waals surface area (Å²) in [5.74, 6) is 0.571. The van der Waals surface area contributed by atoms with E-state index in [1.165, 1.54) is 17.3 Å². The number of rotatable bonds is 6. The molecule has 0 saturated carbocycles. The number of hydrogen-bond acceptors (Lipinski definition) is 6. The SMILES string of the molecule is CN(C)c1ccc(/C=N/N=C2\S/C(=C\c3ccc(C(C)(C)C)cc3)C(=O)N2Cc2ccco2)cc1. The number of furan rings is 1. The van der Waals surface area contributed by atoms with E-state index in [0.29, 0.717) is 22.4 Å². The van der Waals surface area contributed by atoms with Crippen molar-refractivity contribution in [2.24, 2.45) is 10.2 Å². The van der Waals surface area contributed by atoms with E-state index < -0.39 is 0 Å². The predicted molar refractivity (Wildman–Crippen MR) is 146 cm³/mol. The van der Waals surface area contributed by atoms with Gasteiger partial charge in [-0.1, -0.05) is 57.2 Å². The molecule has 1 saturated heterocycles. The highest BCUT2D eigenvalue weighted by molar-refractivity contribution is 8.18. The second kappa shape index (κ2) is 10.4. The lowest BCUT2D eigenvalue weighted by Gasteiger charge is -2.18. The van der Waals surface area contributed by atoms with Crippen LogP contribution in [0.2, 0.25) is 0 Å². The molecular formula is C28H30N4O2S. The quantitative estimate of drug-likeness (QED) is 0.238. The van der Waals surface area contributed by atoms with Gasteiger partial charge in [0.25, 0.3) is 5.91 Å². The van der Waals surface area contributed by atoms with Crippen molar-refractivity contribution >= 4 is 40.8 Å². The van der Waals surface area contributed by atoms with Gasteiger partial charge in [0.15, 0.2) is 5.17 Å². The number of benzene rings is 2. The van der Waals surface area contributed by atoms with Crippen LogP contribution in [0.25, 0.3) is 6.08 Å². The standard InChI is InChI=1S/C28H30N4O2S/c1-28(2,3)22-12-8-20(9-13-22)17-25-26(33)32(19-24-7-6-16-34-24)27(35-25)30-29-18-21-10-14-23(15-11-21)31(4)5/h6-18H,19H2,1-5H3/b25-17-,29-18+,30-27-. The van der Waals surface area contributed by atoms with Crippen molar-refractivity contribution in [3.63, 3.8) is 0 Å². The fourth-order valence-electron chi connectivity index (χ4n) is 3.51. The van der Waals surface area contributed by atoms with Crippen molar-refractivity contribution in [3.8, 4) is 0 Å². The van der Waals surface area contributed by atoms with Crippen LogP contribution in [-0.2, 0) is 16.8 Å². The number of amides is 1. The second-order valence-corrected chi connectivity index (χ2v) is 10.6. The molecule has 0 atom stereocenters. The van der Waals surface area contributed by atoms with E-state index >= 15 is 0 Å². The Morgan fingerprint density at radius 2 is 1.69 bits per heavy atom. The third-order valence-electron chi connectivity index (χ3n) is 5.62. The van der Waals surface area contributed by atoms with Crippen LogP contribution in [0.5, 0.6) is 0 Å². The highest BCUT2D eigenvalue weighted by Gasteiger charge is 2.34. The van der Waals surface area contributed by atoms with Crippen LogP contribution in [0.3, 0.4) is 0 Å². The first-order chi connectivity index (χ1) is 16.7. The zero-order valence-corrected chi connectivity index (χ0v) is 21.5. The second-order valence-electron chi connectivity index (χ2n) is 9.57. The molecule has 1 amide bonds. The Morgan fingerprint density at radius 1 is 1.00 bits per heavy atom. The third-order valence-corrected chi connectivity index (χ3v) is 6.61. The van der Waals surface area contributed by atoms with Gasteiger partial charge in [0.05, 0.1) is 23.9 Å². The maximum Gasteiger partial charge on any atom is 0.267 e. The molecular weight excluding hydrogens is 456 g/mol. The van der Waals surface area contributed by atoms with E-state index in [0.717, 1.165) is 16.8 Å². The van der Waals surface area contributed by atoms with Gasteiger partial charge in [-0.3, -0.25) is 9.69 Å². The number of amidine groups is 1. The zero-order chi connectivity index (χ0) is 25.0. The molecule has 3 aromatic rings. The topological polar surface area (TPSA) is 61.4 Å². The minimum atomic E-state index is -0.115. The first kappa shape index (κ1) is 24.5. The van der Waals surface area contributed by atoms with Crippen LogP contribution in [0.15, 0.2) is 86.5 Å². The Balaban J connectivity index is 1.58. The van der Waals surface area contributed by atoms with E-state index in [9.17, 15) is 4.79 Å². The van der Waals surface area contributed by atoms with Gasteiger partial charge >= 0.3 is 0 Å². The molecule has 1 aliphatic rings. The van der Waals surface area contributed by atoms with Crippen LogP contribution < -0.4 is 4.90 Å². The molecule has 35 heavy (non-hydrogen) atoms. The highest BCUT2D eigenvalue weighted by atomic mass is 32.2. The molecule has 1 fully saturated rings. The van der Waals surface area contributed by atoms with Crippen LogP contribution >= 0.6 is 11.8 Å². The number of hydrogen-bond donors (Lipinski definition) is 0. The normalized spacial score (nSPS) is 16.7. The Bertz CT molecular complexity index is 1250. The van der Waals surface area contributed by atoms with Crippen molar-refractivity contribution in [2.45, 2.75) is 32.7 Å². The summed E-state index contributed by atoms with van der Waals surface area (Å²) < 4.78 is 5.47. The van der Waals surface area contributed by atoms with Crippen molar-refractivity contribution in [2.75, 3.05) is 19.0 Å². The molecule has 0 unspecified atom stereocenters. The van der Waals surface area contributed by atoms with E-state index in [1.54, 1.807) is 17.4 Å². The molecule has 1 aromatic heterocycles. The summed E-state index contributed by atoms with van der Waals surface area (Å²) in [5.41, 5.74) is 4.34. The van der Waals surface area contributed by atoms with Gasteiger partial charge in [0, 0.05) is 19.8 Å². The summed E-state index contributed by atoms with van der Waals surface area (Å²) >= 11 is 1.32. The molecule has 0 aliphatic carbocycles. The number of thioether (sulfide) groups is 1. The minimum absolute atomic E-state index is 0.0774. The first-order valence-corrected chi connectivity index (χ1v) is 12.2. The molecule has 1 aliphatic heterocycles. The van der Waals surface area contributed by atoms with Crippen LogP contribution in [-0.4, -0.2) is 36.3 Å². The van der Waals surface area contributed by atoms with Crippen molar-refractivity contribution in [3.05, 3.63) is 94.3 Å². The summed E-state index contributed by atoms with van der Waals surface area (Å²) in [7, 11) is 4.00. The fraction of sp³-hybridized carbons (Fsp3) is 0.250. The molecule has 0 bridgehead atoms. The van der Waals surface area contributed by atoms with Crippen LogP contribution in [0, 0.1) is 0 Å². The van der Waals surface area contributed by atoms with Crippen molar-refractivity contribution in [1.82, 2.24) is 4.90 Å². The summed E-state index contributed by atoms with van der Waals surface area (Å²) in [6.45, 7) is 6.85. The Morgan fingerprint density at radius 3 is 2.29 bits per heavy atom. The number of carbonyl (C=O) groups excluding carboxylic acids is 1. The summed E-state index contributed by atoms with van der Waals surface area (Å²) in [6, 6.07) is 20.0.